The molecule has 3 aromatic carbocycles. The highest BCUT2D eigenvalue weighted by Crippen LogP contribution is 2.22. The summed E-state index contributed by atoms with van der Waals surface area (Å²) in [5.74, 6) is -1.65. The lowest BCUT2D eigenvalue weighted by Gasteiger charge is -2.08. The van der Waals surface area contributed by atoms with Crippen molar-refractivity contribution in [1.82, 2.24) is 20.4 Å². The van der Waals surface area contributed by atoms with E-state index in [9.17, 15) is 14.0 Å². The molecular weight excluding hydrogens is 419 g/mol. The van der Waals surface area contributed by atoms with Crippen LogP contribution in [0.3, 0.4) is 0 Å². The Kier molecular flexibility index (Phi) is 6.90. The second-order valence-electron chi connectivity index (χ2n) is 7.49. The van der Waals surface area contributed by atoms with E-state index in [0.29, 0.717) is 6.54 Å². The van der Waals surface area contributed by atoms with Gasteiger partial charge < -0.3 is 10.6 Å². The molecule has 0 aliphatic carbocycles. The van der Waals surface area contributed by atoms with Crippen LogP contribution < -0.4 is 10.6 Å². The first-order chi connectivity index (χ1) is 16.1. The number of nitrogens with one attached hydrogen (secondary N) is 2. The third-order valence-corrected chi connectivity index (χ3v) is 5.08. The van der Waals surface area contributed by atoms with E-state index in [4.69, 9.17) is 5.10 Å². The van der Waals surface area contributed by atoms with E-state index >= 15 is 0 Å². The van der Waals surface area contributed by atoms with Gasteiger partial charge in [-0.05, 0) is 17.7 Å². The molecule has 2 N–H and O–H groups in total. The van der Waals surface area contributed by atoms with Crippen LogP contribution in [0.5, 0.6) is 0 Å². The molecule has 0 radical (unpaired) electrons. The summed E-state index contributed by atoms with van der Waals surface area (Å²) in [6.07, 6.45) is 1.91. The summed E-state index contributed by atoms with van der Waals surface area (Å²) in [4.78, 5) is 24.5. The molecule has 4 rings (SSSR count). The zero-order valence-corrected chi connectivity index (χ0v) is 17.9. The van der Waals surface area contributed by atoms with Gasteiger partial charge in [-0.2, -0.15) is 5.10 Å². The summed E-state index contributed by atoms with van der Waals surface area (Å²) in [5, 5.41) is 9.99. The van der Waals surface area contributed by atoms with E-state index < -0.39 is 11.7 Å². The Morgan fingerprint density at radius 3 is 2.24 bits per heavy atom. The molecule has 1 heterocycles. The number of aromatic nitrogens is 2. The standard InChI is InChI=1S/C26H23FN4O2/c27-23-14-8-7-13-22(23)26(33)29-16-24(32)28-15-21-18-31(17-19-9-3-1-4-10-19)30-25(21)20-11-5-2-6-12-20/h1-14,18H,15-17H2,(H,28,32)(H,29,33). The lowest BCUT2D eigenvalue weighted by Crippen LogP contribution is -2.36. The second kappa shape index (κ2) is 10.4. The average Bonchev–Trinajstić information content (AvgIpc) is 3.25. The van der Waals surface area contributed by atoms with Crippen LogP contribution in [0.2, 0.25) is 0 Å². The summed E-state index contributed by atoms with van der Waals surface area (Å²) in [7, 11) is 0. The number of carbonyl (C=O) groups is 2. The van der Waals surface area contributed by atoms with Gasteiger partial charge in [0.15, 0.2) is 0 Å². The molecule has 166 valence electrons. The molecule has 0 fully saturated rings. The molecule has 0 bridgehead atoms. The van der Waals surface area contributed by atoms with Crippen molar-refractivity contribution in [2.75, 3.05) is 6.54 Å². The molecular formula is C26H23FN4O2. The molecule has 0 saturated heterocycles. The third kappa shape index (κ3) is 5.71. The maximum Gasteiger partial charge on any atom is 0.254 e. The van der Waals surface area contributed by atoms with Gasteiger partial charge in [0.2, 0.25) is 5.91 Å². The number of nitrogens with zero attached hydrogens (tertiary/aromatic N) is 2. The number of hydrogen-bond acceptors (Lipinski definition) is 3. The summed E-state index contributed by atoms with van der Waals surface area (Å²) in [5.41, 5.74) is 3.60. The number of halogens is 1. The van der Waals surface area contributed by atoms with E-state index in [-0.39, 0.29) is 24.6 Å². The van der Waals surface area contributed by atoms with Crippen LogP contribution in [0.15, 0.2) is 91.1 Å². The second-order valence-corrected chi connectivity index (χ2v) is 7.49. The Labute approximate surface area is 191 Å². The van der Waals surface area contributed by atoms with Gasteiger partial charge in [0.05, 0.1) is 24.3 Å². The first-order valence-corrected chi connectivity index (χ1v) is 10.6. The summed E-state index contributed by atoms with van der Waals surface area (Å²) < 4.78 is 15.6. The lowest BCUT2D eigenvalue weighted by atomic mass is 10.1. The van der Waals surface area contributed by atoms with Crippen molar-refractivity contribution in [1.29, 1.82) is 0 Å². The molecule has 4 aromatic rings. The van der Waals surface area contributed by atoms with Gasteiger partial charge in [0.1, 0.15) is 5.82 Å². The van der Waals surface area contributed by atoms with Crippen LogP contribution in [0.4, 0.5) is 4.39 Å². The van der Waals surface area contributed by atoms with Crippen molar-refractivity contribution in [3.8, 4) is 11.3 Å². The Hall–Kier alpha value is -4.26. The van der Waals surface area contributed by atoms with Gasteiger partial charge in [0.25, 0.3) is 5.91 Å². The van der Waals surface area contributed by atoms with Crippen LogP contribution in [0.1, 0.15) is 21.5 Å². The monoisotopic (exact) mass is 442 g/mol. The molecule has 2 amide bonds. The minimum Gasteiger partial charge on any atom is -0.350 e. The maximum absolute atomic E-state index is 13.7. The molecule has 0 atom stereocenters. The summed E-state index contributed by atoms with van der Waals surface area (Å²) in [6.45, 7) is 0.590. The third-order valence-electron chi connectivity index (χ3n) is 5.08. The topological polar surface area (TPSA) is 76.0 Å². The van der Waals surface area contributed by atoms with E-state index in [1.165, 1.54) is 18.2 Å². The van der Waals surface area contributed by atoms with Crippen molar-refractivity contribution >= 4 is 11.8 Å². The molecule has 7 heteroatoms. The summed E-state index contributed by atoms with van der Waals surface area (Å²) >= 11 is 0. The molecule has 1 aromatic heterocycles. The highest BCUT2D eigenvalue weighted by molar-refractivity contribution is 5.96. The van der Waals surface area contributed by atoms with E-state index in [1.54, 1.807) is 6.07 Å². The lowest BCUT2D eigenvalue weighted by molar-refractivity contribution is -0.120. The van der Waals surface area contributed by atoms with Crippen LogP contribution in [-0.2, 0) is 17.9 Å². The van der Waals surface area contributed by atoms with E-state index in [0.717, 1.165) is 22.4 Å². The average molecular weight is 442 g/mol. The predicted molar refractivity (Wildman–Crippen MR) is 124 cm³/mol. The van der Waals surface area contributed by atoms with Crippen molar-refractivity contribution in [3.63, 3.8) is 0 Å². The quantitative estimate of drug-likeness (QED) is 0.436. The minimum absolute atomic E-state index is 0.0983. The van der Waals surface area contributed by atoms with Crippen LogP contribution in [0.25, 0.3) is 11.3 Å². The number of rotatable bonds is 8. The fourth-order valence-electron chi connectivity index (χ4n) is 3.44. The SMILES string of the molecule is O=C(CNC(=O)c1ccccc1F)NCc1cn(Cc2ccccc2)nc1-c1ccccc1. The Morgan fingerprint density at radius 1 is 0.848 bits per heavy atom. The van der Waals surface area contributed by atoms with E-state index in [1.807, 2.05) is 71.5 Å². The van der Waals surface area contributed by atoms with Crippen molar-refractivity contribution < 1.29 is 14.0 Å². The molecule has 0 unspecified atom stereocenters. The Bertz CT molecular complexity index is 1240. The van der Waals surface area contributed by atoms with Crippen molar-refractivity contribution in [2.24, 2.45) is 0 Å². The molecule has 6 nitrogen and oxygen atoms in total. The van der Waals surface area contributed by atoms with Crippen LogP contribution >= 0.6 is 0 Å². The van der Waals surface area contributed by atoms with Crippen molar-refractivity contribution in [2.45, 2.75) is 13.1 Å². The van der Waals surface area contributed by atoms with Gasteiger partial charge in [-0.15, -0.1) is 0 Å². The Balaban J connectivity index is 1.42. The number of benzene rings is 3. The van der Waals surface area contributed by atoms with Crippen molar-refractivity contribution in [3.05, 3.63) is 114 Å². The van der Waals surface area contributed by atoms with Gasteiger partial charge >= 0.3 is 0 Å². The van der Waals surface area contributed by atoms with Crippen LogP contribution in [0, 0.1) is 5.82 Å². The fraction of sp³-hybridized carbons (Fsp3) is 0.115. The van der Waals surface area contributed by atoms with Crippen LogP contribution in [-0.4, -0.2) is 28.1 Å². The highest BCUT2D eigenvalue weighted by atomic mass is 19.1. The van der Waals surface area contributed by atoms with Gasteiger partial charge in [0, 0.05) is 23.9 Å². The fourth-order valence-corrected chi connectivity index (χ4v) is 3.44. The molecule has 0 spiro atoms. The molecule has 33 heavy (non-hydrogen) atoms. The molecule has 0 aliphatic rings. The number of carbonyl (C=O) groups excluding carboxylic acids is 2. The normalized spacial score (nSPS) is 10.6. The zero-order valence-electron chi connectivity index (χ0n) is 17.9. The number of amides is 2. The first kappa shape index (κ1) is 22.0. The minimum atomic E-state index is -0.635. The molecule has 0 aliphatic heterocycles. The molecule has 0 saturated carbocycles. The maximum atomic E-state index is 13.7. The predicted octanol–water partition coefficient (Wildman–Crippen LogP) is 3.78. The Morgan fingerprint density at radius 2 is 1.52 bits per heavy atom. The zero-order chi connectivity index (χ0) is 23.0. The summed E-state index contributed by atoms with van der Waals surface area (Å²) in [6, 6.07) is 25.4. The van der Waals surface area contributed by atoms with E-state index in [2.05, 4.69) is 10.6 Å². The number of hydrogen-bond donors (Lipinski definition) is 2. The van der Waals surface area contributed by atoms with Gasteiger partial charge in [-0.3, -0.25) is 14.3 Å². The largest absolute Gasteiger partial charge is 0.350 e. The highest BCUT2D eigenvalue weighted by Gasteiger charge is 2.14. The van der Waals surface area contributed by atoms with Gasteiger partial charge in [-0.1, -0.05) is 72.8 Å². The van der Waals surface area contributed by atoms with Gasteiger partial charge in [-0.25, -0.2) is 4.39 Å². The smallest absolute Gasteiger partial charge is 0.254 e. The first-order valence-electron chi connectivity index (χ1n) is 10.6.